The van der Waals surface area contributed by atoms with Crippen molar-refractivity contribution >= 4 is 62.3 Å². The molecule has 0 aromatic heterocycles. The lowest BCUT2D eigenvalue weighted by Gasteiger charge is -2.33. The molecule has 7 nitrogen and oxygen atoms in total. The summed E-state index contributed by atoms with van der Waals surface area (Å²) < 4.78 is 29.0. The summed E-state index contributed by atoms with van der Waals surface area (Å²) >= 11 is 18.8. The molecule has 11 heteroatoms. The van der Waals surface area contributed by atoms with E-state index in [0.717, 1.165) is 36.4 Å². The number of carbonyl (C=O) groups is 2. The van der Waals surface area contributed by atoms with Gasteiger partial charge >= 0.3 is 0 Å². The summed E-state index contributed by atoms with van der Waals surface area (Å²) in [5.74, 6) is -0.886. The molecule has 4 rings (SSSR count). The number of aryl methyl sites for hydroxylation is 1. The number of hydrogen-bond acceptors (Lipinski definition) is 4. The molecule has 3 aromatic carbocycles. The highest BCUT2D eigenvalue weighted by molar-refractivity contribution is 7.92. The third-order valence-electron chi connectivity index (χ3n) is 7.52. The Morgan fingerprint density at radius 2 is 1.57 bits per heavy atom. The smallest absolute Gasteiger partial charge is 0.264 e. The standard InChI is InChI=1S/C31H34Cl3N3O4S/c1-21-13-15-25(33)18-29(21)37(42(40,41)27-11-7-4-8-12-27)20-30(38)36(19-23-14-16-24(32)17-28(23)34)22(2)31(39)35-26-9-5-3-6-10-26/h4,7-8,11-18,22,26H,3,5-6,9-10,19-20H2,1-2H3,(H,35,39)/t22-/m0/s1. The SMILES string of the molecule is Cc1ccc(Cl)cc1N(CC(=O)N(Cc1ccc(Cl)cc1Cl)[C@@H](C)C(=O)NC1CCCCC1)S(=O)(=O)c1ccccc1. The predicted molar refractivity (Wildman–Crippen MR) is 169 cm³/mol. The molecule has 1 aliphatic rings. The van der Waals surface area contributed by atoms with E-state index in [-0.39, 0.29) is 29.1 Å². The summed E-state index contributed by atoms with van der Waals surface area (Å²) in [6.45, 7) is 2.79. The van der Waals surface area contributed by atoms with Crippen LogP contribution in [0.4, 0.5) is 5.69 Å². The van der Waals surface area contributed by atoms with E-state index in [1.807, 2.05) is 0 Å². The van der Waals surface area contributed by atoms with Gasteiger partial charge in [-0.25, -0.2) is 8.42 Å². The first-order valence-electron chi connectivity index (χ1n) is 13.8. The summed E-state index contributed by atoms with van der Waals surface area (Å²) in [7, 11) is -4.19. The van der Waals surface area contributed by atoms with Crippen molar-refractivity contribution in [3.63, 3.8) is 0 Å². The molecule has 1 atom stereocenters. The zero-order valence-electron chi connectivity index (χ0n) is 23.5. The van der Waals surface area contributed by atoms with Crippen molar-refractivity contribution in [3.05, 3.63) is 92.9 Å². The zero-order valence-corrected chi connectivity index (χ0v) is 26.6. The number of nitrogens with one attached hydrogen (secondary N) is 1. The second kappa shape index (κ2) is 14.1. The van der Waals surface area contributed by atoms with Crippen LogP contribution in [0, 0.1) is 6.92 Å². The average molecular weight is 651 g/mol. The van der Waals surface area contributed by atoms with Crippen molar-refractivity contribution in [2.24, 2.45) is 0 Å². The molecule has 1 saturated carbocycles. The van der Waals surface area contributed by atoms with Gasteiger partial charge in [-0.15, -0.1) is 0 Å². The van der Waals surface area contributed by atoms with Crippen molar-refractivity contribution in [2.45, 2.75) is 69.5 Å². The third kappa shape index (κ3) is 7.78. The molecule has 0 spiro atoms. The first-order valence-corrected chi connectivity index (χ1v) is 16.4. The number of sulfonamides is 1. The molecule has 1 N–H and O–H groups in total. The van der Waals surface area contributed by atoms with Crippen LogP contribution in [0.25, 0.3) is 0 Å². The van der Waals surface area contributed by atoms with Gasteiger partial charge in [0.25, 0.3) is 10.0 Å². The molecule has 0 aliphatic heterocycles. The second-order valence-electron chi connectivity index (χ2n) is 10.5. The van der Waals surface area contributed by atoms with E-state index in [1.54, 1.807) is 62.4 Å². The summed E-state index contributed by atoms with van der Waals surface area (Å²) in [6.07, 6.45) is 4.97. The van der Waals surface area contributed by atoms with Crippen LogP contribution < -0.4 is 9.62 Å². The fourth-order valence-corrected chi connectivity index (χ4v) is 7.20. The van der Waals surface area contributed by atoms with Crippen molar-refractivity contribution in [1.29, 1.82) is 0 Å². The molecular formula is C31H34Cl3N3O4S. The first kappa shape index (κ1) is 32.1. The molecule has 0 bridgehead atoms. The van der Waals surface area contributed by atoms with Crippen LogP contribution in [-0.4, -0.2) is 43.8 Å². The number of carbonyl (C=O) groups excluding carboxylic acids is 2. The summed E-state index contributed by atoms with van der Waals surface area (Å²) in [5, 5.41) is 4.17. The topological polar surface area (TPSA) is 86.8 Å². The fraction of sp³-hybridized carbons (Fsp3) is 0.355. The van der Waals surface area contributed by atoms with Gasteiger partial charge in [0, 0.05) is 27.7 Å². The van der Waals surface area contributed by atoms with Crippen molar-refractivity contribution in [2.75, 3.05) is 10.8 Å². The monoisotopic (exact) mass is 649 g/mol. The minimum atomic E-state index is -4.19. The minimum Gasteiger partial charge on any atom is -0.352 e. The minimum absolute atomic E-state index is 0.0209. The second-order valence-corrected chi connectivity index (χ2v) is 13.7. The number of rotatable bonds is 10. The van der Waals surface area contributed by atoms with E-state index < -0.39 is 28.5 Å². The Hall–Kier alpha value is -2.78. The Kier molecular flexibility index (Phi) is 10.8. The number of benzene rings is 3. The first-order chi connectivity index (χ1) is 20.0. The predicted octanol–water partition coefficient (Wildman–Crippen LogP) is 7.02. The number of amides is 2. The van der Waals surface area contributed by atoms with Crippen LogP contribution >= 0.6 is 34.8 Å². The number of halogens is 3. The molecule has 1 aliphatic carbocycles. The van der Waals surface area contributed by atoms with Gasteiger partial charge in [0.1, 0.15) is 12.6 Å². The van der Waals surface area contributed by atoms with Gasteiger partial charge in [-0.1, -0.05) is 84.4 Å². The fourth-order valence-electron chi connectivity index (χ4n) is 5.07. The van der Waals surface area contributed by atoms with Gasteiger partial charge in [0.05, 0.1) is 10.6 Å². The third-order valence-corrected chi connectivity index (χ3v) is 10.1. The summed E-state index contributed by atoms with van der Waals surface area (Å²) in [5.41, 5.74) is 1.45. The Morgan fingerprint density at radius 1 is 0.929 bits per heavy atom. The molecular weight excluding hydrogens is 617 g/mol. The number of nitrogens with zero attached hydrogens (tertiary/aromatic N) is 2. The van der Waals surface area contributed by atoms with E-state index in [1.165, 1.54) is 23.1 Å². The lowest BCUT2D eigenvalue weighted by Crippen LogP contribution is -2.53. The highest BCUT2D eigenvalue weighted by Gasteiger charge is 2.34. The Bertz CT molecular complexity index is 1530. The van der Waals surface area contributed by atoms with Crippen LogP contribution in [0.3, 0.4) is 0 Å². The molecule has 224 valence electrons. The van der Waals surface area contributed by atoms with E-state index in [0.29, 0.717) is 26.2 Å². The highest BCUT2D eigenvalue weighted by Crippen LogP contribution is 2.30. The van der Waals surface area contributed by atoms with Crippen LogP contribution in [0.1, 0.15) is 50.2 Å². The van der Waals surface area contributed by atoms with Crippen molar-refractivity contribution < 1.29 is 18.0 Å². The van der Waals surface area contributed by atoms with Gasteiger partial charge in [0.2, 0.25) is 11.8 Å². The quantitative estimate of drug-likeness (QED) is 0.256. The highest BCUT2D eigenvalue weighted by atomic mass is 35.5. The van der Waals surface area contributed by atoms with Crippen LogP contribution in [0.15, 0.2) is 71.6 Å². The molecule has 1 fully saturated rings. The molecule has 0 radical (unpaired) electrons. The van der Waals surface area contributed by atoms with E-state index in [2.05, 4.69) is 5.32 Å². The molecule has 42 heavy (non-hydrogen) atoms. The van der Waals surface area contributed by atoms with Crippen LogP contribution in [-0.2, 0) is 26.2 Å². The number of hydrogen-bond donors (Lipinski definition) is 1. The lowest BCUT2D eigenvalue weighted by molar-refractivity contribution is -0.139. The van der Waals surface area contributed by atoms with E-state index in [4.69, 9.17) is 34.8 Å². The zero-order chi connectivity index (χ0) is 30.4. The van der Waals surface area contributed by atoms with Gasteiger partial charge < -0.3 is 10.2 Å². The normalized spacial score (nSPS) is 14.7. The Balaban J connectivity index is 1.72. The Labute approximate surface area is 262 Å². The molecule has 0 heterocycles. The Morgan fingerprint density at radius 3 is 2.24 bits per heavy atom. The lowest BCUT2D eigenvalue weighted by atomic mass is 9.95. The molecule has 2 amide bonds. The molecule has 3 aromatic rings. The largest absolute Gasteiger partial charge is 0.352 e. The van der Waals surface area contributed by atoms with Crippen molar-refractivity contribution in [1.82, 2.24) is 10.2 Å². The summed E-state index contributed by atoms with van der Waals surface area (Å²) in [4.78, 5) is 29.0. The maximum absolute atomic E-state index is 14.2. The van der Waals surface area contributed by atoms with Gasteiger partial charge in [-0.05, 0) is 74.2 Å². The number of anilines is 1. The van der Waals surface area contributed by atoms with Crippen LogP contribution in [0.2, 0.25) is 15.1 Å². The summed E-state index contributed by atoms with van der Waals surface area (Å²) in [6, 6.07) is 16.8. The average Bonchev–Trinajstić information content (AvgIpc) is 2.97. The van der Waals surface area contributed by atoms with E-state index >= 15 is 0 Å². The van der Waals surface area contributed by atoms with Gasteiger partial charge in [-0.3, -0.25) is 13.9 Å². The van der Waals surface area contributed by atoms with Gasteiger partial charge in [0.15, 0.2) is 0 Å². The maximum Gasteiger partial charge on any atom is 0.264 e. The van der Waals surface area contributed by atoms with E-state index in [9.17, 15) is 18.0 Å². The van der Waals surface area contributed by atoms with Gasteiger partial charge in [-0.2, -0.15) is 0 Å². The van der Waals surface area contributed by atoms with Crippen molar-refractivity contribution in [3.8, 4) is 0 Å². The molecule has 0 saturated heterocycles. The van der Waals surface area contributed by atoms with Crippen LogP contribution in [0.5, 0.6) is 0 Å². The maximum atomic E-state index is 14.2. The molecule has 0 unspecified atom stereocenters.